The van der Waals surface area contributed by atoms with Crippen LogP contribution in [0.5, 0.6) is 0 Å². The van der Waals surface area contributed by atoms with Gasteiger partial charge in [0.2, 0.25) is 0 Å². The molecule has 0 radical (unpaired) electrons. The molecule has 1 aliphatic heterocycles. The van der Waals surface area contributed by atoms with Crippen LogP contribution in [0.4, 0.5) is 0 Å². The second-order valence-electron chi connectivity index (χ2n) is 8.15. The molecule has 1 rings (SSSR count). The molecule has 1 aliphatic rings. The Morgan fingerprint density at radius 3 is 1.56 bits per heavy atom. The van der Waals surface area contributed by atoms with E-state index in [1.807, 2.05) is 5.70 Å². The number of ether oxygens (including phenoxy) is 1. The smallest absolute Gasteiger partial charge is 0.370 e. The second-order valence-corrected chi connectivity index (χ2v) is 12.7. The van der Waals surface area contributed by atoms with E-state index in [9.17, 15) is 0 Å². The fourth-order valence-corrected chi connectivity index (χ4v) is 6.83. The molecule has 0 amide bonds. The number of hydrogen-bond acceptors (Lipinski definition) is 7. The van der Waals surface area contributed by atoms with Crippen molar-refractivity contribution in [2.45, 2.75) is 103 Å². The van der Waals surface area contributed by atoms with E-state index in [0.717, 1.165) is 35.5 Å². The largest absolute Gasteiger partial charge is 0.396 e. The lowest BCUT2D eigenvalue weighted by molar-refractivity contribution is -0.0153. The number of hydrogen-bond donors (Lipinski definition) is 4. The molecule has 1 saturated heterocycles. The first kappa shape index (κ1) is 42.3. The summed E-state index contributed by atoms with van der Waals surface area (Å²) in [6.45, 7) is 14.5. The number of methoxy groups -OCH3 is 1. The minimum Gasteiger partial charge on any atom is -0.396 e. The van der Waals surface area contributed by atoms with E-state index in [2.05, 4.69) is 6.58 Å². The van der Waals surface area contributed by atoms with E-state index in [1.54, 1.807) is 62.9 Å². The Kier molecular flexibility index (Phi) is 36.1. The van der Waals surface area contributed by atoms with E-state index in [4.69, 9.17) is 34.6 Å². The van der Waals surface area contributed by atoms with Crippen LogP contribution in [0.25, 0.3) is 0 Å². The molecule has 1 heterocycles. The highest BCUT2D eigenvalue weighted by atomic mass is 28.4. The van der Waals surface area contributed by atoms with Gasteiger partial charge in [-0.2, -0.15) is 0 Å². The van der Waals surface area contributed by atoms with Crippen LogP contribution in [0.2, 0.25) is 6.04 Å². The molecule has 0 bridgehead atoms. The minimum atomic E-state index is -2.23. The highest BCUT2D eigenvalue weighted by Crippen LogP contribution is 2.42. The van der Waals surface area contributed by atoms with Gasteiger partial charge in [-0.1, -0.05) is 12.8 Å². The lowest BCUT2D eigenvalue weighted by Crippen LogP contribution is -2.64. The van der Waals surface area contributed by atoms with Crippen molar-refractivity contribution < 1.29 is 28.9 Å². The van der Waals surface area contributed by atoms with Crippen molar-refractivity contribution in [2.75, 3.05) is 27.9 Å². The summed E-state index contributed by atoms with van der Waals surface area (Å²) in [7, 11) is 4.21. The van der Waals surface area contributed by atoms with Crippen molar-refractivity contribution in [1.29, 1.82) is 0 Å². The van der Waals surface area contributed by atoms with E-state index in [0.29, 0.717) is 6.54 Å². The zero-order chi connectivity index (χ0) is 25.5. The van der Waals surface area contributed by atoms with Crippen LogP contribution in [0, 0.1) is 0 Å². The molecule has 5 N–H and O–H groups in total. The second kappa shape index (κ2) is 27.4. The number of aliphatic hydroxyl groups excluding tert-OH is 3. The molecule has 1 unspecified atom stereocenters. The van der Waals surface area contributed by atoms with Gasteiger partial charge in [0.25, 0.3) is 0 Å². The Morgan fingerprint density at radius 2 is 1.31 bits per heavy atom. The molecule has 0 aromatic rings. The normalized spacial score (nSPS) is 18.5. The fraction of sp³-hybridized carbons (Fsp3) is 0.909. The predicted molar refractivity (Wildman–Crippen MR) is 150 cm³/mol. The predicted octanol–water partition coefficient (Wildman–Crippen LogP) is 0.774. The Bertz CT molecular complexity index is 351. The van der Waals surface area contributed by atoms with Crippen LogP contribution in [-0.4, -0.2) is 96.5 Å². The van der Waals surface area contributed by atoms with Crippen LogP contribution in [0.3, 0.4) is 0 Å². The van der Waals surface area contributed by atoms with E-state index in [1.165, 1.54) is 12.8 Å². The monoisotopic (exact) mass is 517 g/mol. The van der Waals surface area contributed by atoms with Gasteiger partial charge < -0.3 is 34.6 Å². The average molecular weight is 518 g/mol. The van der Waals surface area contributed by atoms with Crippen molar-refractivity contribution in [3.8, 4) is 0 Å². The van der Waals surface area contributed by atoms with Crippen molar-refractivity contribution in [1.82, 2.24) is 0 Å². The SMILES string of the molecule is C=C[SiH3].CC(C)O.CC(C)O.CC(C)O.COC1(CCCN)CCCC[Si]1(OC)OC.[SiH4]. The molecule has 1 fully saturated rings. The quantitative estimate of drug-likeness (QED) is 0.385. The summed E-state index contributed by atoms with van der Waals surface area (Å²) in [5.74, 6) is 0. The lowest BCUT2D eigenvalue weighted by Gasteiger charge is -2.48. The van der Waals surface area contributed by atoms with Gasteiger partial charge in [-0.3, -0.25) is 0 Å². The first-order valence-corrected chi connectivity index (χ1v) is 14.5. The average Bonchev–Trinajstić information content (AvgIpc) is 2.66. The van der Waals surface area contributed by atoms with E-state index < -0.39 is 8.56 Å². The van der Waals surface area contributed by atoms with Gasteiger partial charge in [-0.15, -0.1) is 12.3 Å². The Balaban J connectivity index is -0.000000125. The molecule has 0 aromatic heterocycles. The third-order valence-corrected chi connectivity index (χ3v) is 8.29. The maximum absolute atomic E-state index is 8.06. The zero-order valence-electron chi connectivity index (χ0n) is 22.1. The molecule has 0 aliphatic carbocycles. The lowest BCUT2D eigenvalue weighted by atomic mass is 10.1. The summed E-state index contributed by atoms with van der Waals surface area (Å²) in [5.41, 5.74) is 7.50. The van der Waals surface area contributed by atoms with Crippen LogP contribution >= 0.6 is 0 Å². The standard InChI is InChI=1S/C11H25NO3Si.3C3H8O.C2H6Si.H4Si/c1-13-11(8-6-9-12)7-4-5-10-16(11,14-2)15-3;3*1-3(2)4;1-2-3;/h4-10,12H2,1-3H3;3*3-4H,1-2H3;2H,1H2,3H3;1H4. The van der Waals surface area contributed by atoms with Gasteiger partial charge in [0.05, 0.1) is 0 Å². The summed E-state index contributed by atoms with van der Waals surface area (Å²) < 4.78 is 17.4. The summed E-state index contributed by atoms with van der Waals surface area (Å²) in [6.07, 6.45) is 4.84. The van der Waals surface area contributed by atoms with Crippen molar-refractivity contribution >= 4 is 29.8 Å². The van der Waals surface area contributed by atoms with Crippen molar-refractivity contribution in [3.05, 3.63) is 12.3 Å². The van der Waals surface area contributed by atoms with Gasteiger partial charge in [-0.25, -0.2) is 0 Å². The summed E-state index contributed by atoms with van der Waals surface area (Å²) in [5, 5.41) is 24.0. The fourth-order valence-electron chi connectivity index (χ4n) is 2.91. The molecule has 0 saturated carbocycles. The highest BCUT2D eigenvalue weighted by molar-refractivity contribution is 6.70. The van der Waals surface area contributed by atoms with E-state index >= 15 is 0 Å². The molecule has 0 aromatic carbocycles. The molecule has 0 spiro atoms. The van der Waals surface area contributed by atoms with Gasteiger partial charge in [0.1, 0.15) is 5.22 Å². The summed E-state index contributed by atoms with van der Waals surface area (Å²) >= 11 is 0. The van der Waals surface area contributed by atoms with Gasteiger partial charge in [-0.05, 0) is 84.4 Å². The molecule has 200 valence electrons. The van der Waals surface area contributed by atoms with Crippen LogP contribution in [0.1, 0.15) is 73.6 Å². The Hall–Kier alpha value is 0.111. The molecule has 1 atom stereocenters. The van der Waals surface area contributed by atoms with Gasteiger partial charge >= 0.3 is 8.56 Å². The molecular weight excluding hydrogens is 459 g/mol. The van der Waals surface area contributed by atoms with Gasteiger partial charge in [0, 0.05) is 49.9 Å². The number of rotatable bonds is 6. The maximum atomic E-state index is 8.06. The maximum Gasteiger partial charge on any atom is 0.370 e. The number of aliphatic hydroxyl groups is 3. The zero-order valence-corrected chi connectivity index (χ0v) is 25.1. The third-order valence-electron chi connectivity index (χ3n) is 3.87. The summed E-state index contributed by atoms with van der Waals surface area (Å²) in [4.78, 5) is 0. The molecule has 10 heteroatoms. The number of nitrogens with two attached hydrogens (primary N) is 1. The first-order valence-electron chi connectivity index (χ1n) is 11.3. The minimum absolute atomic E-state index is 0. The van der Waals surface area contributed by atoms with Crippen LogP contribution in [0.15, 0.2) is 12.3 Å². The van der Waals surface area contributed by atoms with Crippen LogP contribution < -0.4 is 5.73 Å². The molecule has 7 nitrogen and oxygen atoms in total. The first-order chi connectivity index (χ1) is 14.3. The Labute approximate surface area is 207 Å². The van der Waals surface area contributed by atoms with E-state index in [-0.39, 0.29) is 34.5 Å². The van der Waals surface area contributed by atoms with Crippen molar-refractivity contribution in [3.63, 3.8) is 0 Å². The Morgan fingerprint density at radius 1 is 0.969 bits per heavy atom. The van der Waals surface area contributed by atoms with Gasteiger partial charge in [0.15, 0.2) is 0 Å². The van der Waals surface area contributed by atoms with Crippen LogP contribution in [-0.2, 0) is 13.6 Å². The van der Waals surface area contributed by atoms with Crippen molar-refractivity contribution in [2.24, 2.45) is 5.73 Å². The molecular formula is C22H59NO6Si3. The topological polar surface area (TPSA) is 114 Å². The molecule has 32 heavy (non-hydrogen) atoms. The summed E-state index contributed by atoms with van der Waals surface area (Å²) in [6, 6.07) is 1.03. The third kappa shape index (κ3) is 24.7. The highest BCUT2D eigenvalue weighted by Gasteiger charge is 2.58.